The summed E-state index contributed by atoms with van der Waals surface area (Å²) < 4.78 is 10.5. The molecule has 0 unspecified atom stereocenters. The summed E-state index contributed by atoms with van der Waals surface area (Å²) in [5.41, 5.74) is 2.75. The van der Waals surface area contributed by atoms with Gasteiger partial charge in [0.25, 0.3) is 0 Å². The van der Waals surface area contributed by atoms with Gasteiger partial charge in [-0.05, 0) is 24.8 Å². The molecule has 0 bridgehead atoms. The predicted octanol–water partition coefficient (Wildman–Crippen LogP) is 3.74. The fourth-order valence-electron chi connectivity index (χ4n) is 3.46. The van der Waals surface area contributed by atoms with Gasteiger partial charge in [0.15, 0.2) is 0 Å². The highest BCUT2D eigenvalue weighted by Gasteiger charge is 2.30. The van der Waals surface area contributed by atoms with E-state index in [1.165, 1.54) is 0 Å². The number of nitrogens with one attached hydrogen (secondary N) is 3. The molecule has 0 aliphatic heterocycles. The van der Waals surface area contributed by atoms with Gasteiger partial charge in [0.1, 0.15) is 5.82 Å². The third-order valence-electron chi connectivity index (χ3n) is 5.06. The van der Waals surface area contributed by atoms with Crippen LogP contribution in [0.5, 0.6) is 5.88 Å². The third kappa shape index (κ3) is 4.32. The van der Waals surface area contributed by atoms with Gasteiger partial charge in [-0.15, -0.1) is 5.10 Å². The van der Waals surface area contributed by atoms with Crippen molar-refractivity contribution < 1.29 is 14.3 Å². The maximum Gasteiger partial charge on any atom is 0.320 e. The van der Waals surface area contributed by atoms with Gasteiger partial charge in [-0.25, -0.2) is 9.78 Å². The van der Waals surface area contributed by atoms with Gasteiger partial charge in [-0.2, -0.15) is 0 Å². The molecule has 1 fully saturated rings. The summed E-state index contributed by atoms with van der Waals surface area (Å²) in [6.45, 7) is 0.545. The standard InChI is InChI=1S/C21H25N5O3/c1-28-11-10-15(13-6-4-3-5-7-13)22-21(27)24-17-12-16-18(20(29-2)26-25-16)19(23-17)14-8-9-14/h3-7,12,14-15H,8-11H2,1-2H3,(H,25,26)(H2,22,23,24,27)/t15-/m1/s1. The third-order valence-corrected chi connectivity index (χ3v) is 5.06. The number of carbonyl (C=O) groups is 1. The number of rotatable bonds is 8. The van der Waals surface area contributed by atoms with Gasteiger partial charge < -0.3 is 14.8 Å². The second-order valence-corrected chi connectivity index (χ2v) is 7.17. The monoisotopic (exact) mass is 395 g/mol. The Hall–Kier alpha value is -3.13. The van der Waals surface area contributed by atoms with Crippen molar-refractivity contribution >= 4 is 22.8 Å². The molecule has 1 atom stereocenters. The van der Waals surface area contributed by atoms with E-state index >= 15 is 0 Å². The van der Waals surface area contributed by atoms with Gasteiger partial charge in [-0.1, -0.05) is 30.3 Å². The SMILES string of the molecule is COCC[C@@H](NC(=O)Nc1cc2[nH]nc(OC)c2c(C2CC2)n1)c1ccccc1. The van der Waals surface area contributed by atoms with Crippen LogP contribution in [0.25, 0.3) is 10.9 Å². The summed E-state index contributed by atoms with van der Waals surface area (Å²) in [5.74, 6) is 1.41. The minimum atomic E-state index is -0.310. The first-order valence-corrected chi connectivity index (χ1v) is 9.74. The topological polar surface area (TPSA) is 101 Å². The normalized spacial score (nSPS) is 14.6. The molecule has 0 saturated heterocycles. The highest BCUT2D eigenvalue weighted by atomic mass is 16.5. The maximum absolute atomic E-state index is 12.7. The number of aromatic amines is 1. The second kappa shape index (κ2) is 8.48. The van der Waals surface area contributed by atoms with Crippen molar-refractivity contribution in [2.45, 2.75) is 31.2 Å². The van der Waals surface area contributed by atoms with Crippen molar-refractivity contribution in [2.24, 2.45) is 0 Å². The number of benzene rings is 1. The van der Waals surface area contributed by atoms with Crippen molar-refractivity contribution in [3.8, 4) is 5.88 Å². The van der Waals surface area contributed by atoms with Gasteiger partial charge in [0, 0.05) is 25.7 Å². The molecule has 1 aliphatic carbocycles. The van der Waals surface area contributed by atoms with Crippen LogP contribution < -0.4 is 15.4 Å². The minimum absolute atomic E-state index is 0.157. The Balaban J connectivity index is 1.53. The lowest BCUT2D eigenvalue weighted by Crippen LogP contribution is -2.33. The van der Waals surface area contributed by atoms with E-state index < -0.39 is 0 Å². The molecule has 8 heteroatoms. The molecule has 29 heavy (non-hydrogen) atoms. The van der Waals surface area contributed by atoms with Crippen molar-refractivity contribution in [3.05, 3.63) is 47.7 Å². The molecule has 8 nitrogen and oxygen atoms in total. The fraction of sp³-hybridized carbons (Fsp3) is 0.381. The van der Waals surface area contributed by atoms with E-state index in [1.54, 1.807) is 20.3 Å². The van der Waals surface area contributed by atoms with Crippen molar-refractivity contribution in [2.75, 3.05) is 26.1 Å². The lowest BCUT2D eigenvalue weighted by atomic mass is 10.0. The van der Waals surface area contributed by atoms with Gasteiger partial charge >= 0.3 is 6.03 Å². The highest BCUT2D eigenvalue weighted by Crippen LogP contribution is 2.44. The van der Waals surface area contributed by atoms with Crippen LogP contribution in [0, 0.1) is 0 Å². The van der Waals surface area contributed by atoms with Gasteiger partial charge in [-0.3, -0.25) is 10.4 Å². The Morgan fingerprint density at radius 2 is 2.07 bits per heavy atom. The Kier molecular flexibility index (Phi) is 5.62. The molecule has 4 rings (SSSR count). The number of fused-ring (bicyclic) bond motifs is 1. The summed E-state index contributed by atoms with van der Waals surface area (Å²) in [7, 11) is 3.25. The first-order chi connectivity index (χ1) is 14.2. The van der Waals surface area contributed by atoms with Crippen LogP contribution in [-0.2, 0) is 4.74 Å². The molecular weight excluding hydrogens is 370 g/mol. The summed E-state index contributed by atoms with van der Waals surface area (Å²) in [5, 5.41) is 14.0. The average Bonchev–Trinajstić information content (AvgIpc) is 3.50. The zero-order valence-corrected chi connectivity index (χ0v) is 16.6. The number of pyridine rings is 1. The van der Waals surface area contributed by atoms with E-state index in [2.05, 4.69) is 25.8 Å². The number of methoxy groups -OCH3 is 2. The molecular formula is C21H25N5O3. The Labute approximate surface area is 169 Å². The summed E-state index contributed by atoms with van der Waals surface area (Å²) in [6, 6.07) is 11.2. The zero-order valence-electron chi connectivity index (χ0n) is 16.6. The van der Waals surface area contributed by atoms with E-state index in [-0.39, 0.29) is 12.1 Å². The molecule has 152 valence electrons. The number of hydrogen-bond donors (Lipinski definition) is 3. The number of nitrogens with zero attached hydrogens (tertiary/aromatic N) is 2. The molecule has 0 spiro atoms. The van der Waals surface area contributed by atoms with Crippen LogP contribution >= 0.6 is 0 Å². The molecule has 2 aromatic heterocycles. The summed E-state index contributed by atoms with van der Waals surface area (Å²) in [6.07, 6.45) is 2.84. The van der Waals surface area contributed by atoms with Crippen LogP contribution in [-0.4, -0.2) is 42.0 Å². The molecule has 1 aromatic carbocycles. The lowest BCUT2D eigenvalue weighted by molar-refractivity contribution is 0.183. The molecule has 0 radical (unpaired) electrons. The molecule has 3 N–H and O–H groups in total. The van der Waals surface area contributed by atoms with Crippen LogP contribution in [0.15, 0.2) is 36.4 Å². The number of H-pyrrole nitrogens is 1. The highest BCUT2D eigenvalue weighted by molar-refractivity contribution is 5.93. The van der Waals surface area contributed by atoms with E-state index in [4.69, 9.17) is 9.47 Å². The van der Waals surface area contributed by atoms with Crippen molar-refractivity contribution in [1.82, 2.24) is 20.5 Å². The van der Waals surface area contributed by atoms with E-state index in [9.17, 15) is 4.79 Å². The predicted molar refractivity (Wildman–Crippen MR) is 110 cm³/mol. The van der Waals surface area contributed by atoms with E-state index in [0.29, 0.717) is 30.6 Å². The largest absolute Gasteiger partial charge is 0.479 e. The number of aromatic nitrogens is 3. The van der Waals surface area contributed by atoms with Crippen LogP contribution in [0.3, 0.4) is 0 Å². The Bertz CT molecular complexity index is 985. The number of amides is 2. The summed E-state index contributed by atoms with van der Waals surface area (Å²) in [4.78, 5) is 17.4. The molecule has 1 aliphatic rings. The number of urea groups is 1. The van der Waals surface area contributed by atoms with E-state index in [0.717, 1.165) is 35.0 Å². The average molecular weight is 395 g/mol. The van der Waals surface area contributed by atoms with Crippen LogP contribution in [0.4, 0.5) is 10.6 Å². The minimum Gasteiger partial charge on any atom is -0.479 e. The van der Waals surface area contributed by atoms with Crippen LogP contribution in [0.2, 0.25) is 0 Å². The first kappa shape index (κ1) is 19.2. The number of carbonyl (C=O) groups excluding carboxylic acids is 1. The fourth-order valence-corrected chi connectivity index (χ4v) is 3.46. The van der Waals surface area contributed by atoms with E-state index in [1.807, 2.05) is 30.3 Å². The molecule has 3 aromatic rings. The molecule has 2 amide bonds. The first-order valence-electron chi connectivity index (χ1n) is 9.74. The summed E-state index contributed by atoms with van der Waals surface area (Å²) >= 11 is 0. The maximum atomic E-state index is 12.7. The number of hydrogen-bond acceptors (Lipinski definition) is 5. The second-order valence-electron chi connectivity index (χ2n) is 7.17. The number of ether oxygens (including phenoxy) is 2. The quantitative estimate of drug-likeness (QED) is 0.539. The zero-order chi connectivity index (χ0) is 20.2. The van der Waals surface area contributed by atoms with Crippen molar-refractivity contribution in [1.29, 1.82) is 0 Å². The van der Waals surface area contributed by atoms with Gasteiger partial charge in [0.2, 0.25) is 5.88 Å². The lowest BCUT2D eigenvalue weighted by Gasteiger charge is -2.19. The number of anilines is 1. The molecule has 1 saturated carbocycles. The Morgan fingerprint density at radius 3 is 2.76 bits per heavy atom. The van der Waals surface area contributed by atoms with Gasteiger partial charge in [0.05, 0.1) is 29.7 Å². The molecule has 2 heterocycles. The Morgan fingerprint density at radius 1 is 1.28 bits per heavy atom. The van der Waals surface area contributed by atoms with Crippen molar-refractivity contribution in [3.63, 3.8) is 0 Å². The smallest absolute Gasteiger partial charge is 0.320 e. The van der Waals surface area contributed by atoms with Crippen LogP contribution in [0.1, 0.15) is 42.5 Å².